The molecule has 0 saturated carbocycles. The number of likely N-dealkylation sites (N-methyl/N-ethyl adjacent to an activating group) is 1. The van der Waals surface area contributed by atoms with Crippen molar-refractivity contribution in [2.45, 2.75) is 34.6 Å². The second kappa shape index (κ2) is 5.69. The van der Waals surface area contributed by atoms with E-state index in [1.54, 1.807) is 13.1 Å². The Balaban J connectivity index is 3.28. The van der Waals surface area contributed by atoms with Crippen molar-refractivity contribution in [2.75, 3.05) is 13.6 Å². The van der Waals surface area contributed by atoms with E-state index in [1.807, 2.05) is 34.6 Å². The van der Waals surface area contributed by atoms with Crippen LogP contribution in [0.4, 0.5) is 0 Å². The van der Waals surface area contributed by atoms with Crippen molar-refractivity contribution in [3.63, 3.8) is 0 Å². The average molecular weight is 279 g/mol. The van der Waals surface area contributed by atoms with Crippen LogP contribution in [0.1, 0.15) is 34.6 Å². The SMILES string of the molecule is CC(C)C(/C=C1\NC(=O)CN(C)C1=O)=C(N)C(C)(C)C. The summed E-state index contributed by atoms with van der Waals surface area (Å²) in [5.74, 6) is -0.209. The molecular weight excluding hydrogens is 254 g/mol. The van der Waals surface area contributed by atoms with Crippen LogP contribution in [0.25, 0.3) is 0 Å². The molecule has 0 aromatic rings. The fourth-order valence-corrected chi connectivity index (χ4v) is 1.98. The van der Waals surface area contributed by atoms with E-state index in [2.05, 4.69) is 5.32 Å². The van der Waals surface area contributed by atoms with Gasteiger partial charge in [-0.05, 0) is 17.6 Å². The van der Waals surface area contributed by atoms with Crippen LogP contribution in [-0.4, -0.2) is 30.3 Å². The molecule has 1 fully saturated rings. The van der Waals surface area contributed by atoms with Crippen LogP contribution in [0.3, 0.4) is 0 Å². The maximum absolute atomic E-state index is 12.1. The van der Waals surface area contributed by atoms with Gasteiger partial charge >= 0.3 is 0 Å². The van der Waals surface area contributed by atoms with Crippen molar-refractivity contribution in [3.05, 3.63) is 23.0 Å². The van der Waals surface area contributed by atoms with Crippen LogP contribution in [0.15, 0.2) is 23.0 Å². The molecule has 0 aromatic carbocycles. The number of rotatable bonds is 2. The maximum atomic E-state index is 12.1. The van der Waals surface area contributed by atoms with E-state index in [4.69, 9.17) is 5.73 Å². The molecule has 1 heterocycles. The average Bonchev–Trinajstić information content (AvgIpc) is 2.29. The lowest BCUT2D eigenvalue weighted by atomic mass is 9.85. The monoisotopic (exact) mass is 279 g/mol. The van der Waals surface area contributed by atoms with E-state index < -0.39 is 0 Å². The number of nitrogens with one attached hydrogen (secondary N) is 1. The van der Waals surface area contributed by atoms with E-state index in [0.29, 0.717) is 5.70 Å². The number of amides is 2. The highest BCUT2D eigenvalue weighted by molar-refractivity contribution is 6.03. The van der Waals surface area contributed by atoms with Gasteiger partial charge in [0.1, 0.15) is 5.70 Å². The van der Waals surface area contributed by atoms with Gasteiger partial charge in [0, 0.05) is 18.2 Å². The Kier molecular flexibility index (Phi) is 4.63. The molecule has 5 nitrogen and oxygen atoms in total. The molecule has 1 rings (SSSR count). The van der Waals surface area contributed by atoms with E-state index in [1.165, 1.54) is 4.90 Å². The molecule has 0 bridgehead atoms. The summed E-state index contributed by atoms with van der Waals surface area (Å²) < 4.78 is 0. The number of hydrogen-bond acceptors (Lipinski definition) is 3. The Morgan fingerprint density at radius 1 is 1.35 bits per heavy atom. The normalized spacial score (nSPS) is 20.4. The fraction of sp³-hybridized carbons (Fsp3) is 0.600. The van der Waals surface area contributed by atoms with Gasteiger partial charge < -0.3 is 16.0 Å². The van der Waals surface area contributed by atoms with Crippen LogP contribution < -0.4 is 11.1 Å². The summed E-state index contributed by atoms with van der Waals surface area (Å²) in [5.41, 5.74) is 7.94. The second-order valence-electron chi connectivity index (χ2n) is 6.54. The van der Waals surface area contributed by atoms with Crippen molar-refractivity contribution < 1.29 is 9.59 Å². The number of carbonyl (C=O) groups excluding carboxylic acids is 2. The van der Waals surface area contributed by atoms with Gasteiger partial charge in [0.25, 0.3) is 5.91 Å². The first kappa shape index (κ1) is 16.3. The summed E-state index contributed by atoms with van der Waals surface area (Å²) >= 11 is 0. The van der Waals surface area contributed by atoms with Gasteiger partial charge in [-0.2, -0.15) is 0 Å². The quantitative estimate of drug-likeness (QED) is 0.750. The summed E-state index contributed by atoms with van der Waals surface area (Å²) in [5, 5.41) is 2.63. The van der Waals surface area contributed by atoms with E-state index >= 15 is 0 Å². The molecule has 1 aliphatic heterocycles. The number of nitrogens with two attached hydrogens (primary N) is 1. The molecule has 0 atom stereocenters. The van der Waals surface area contributed by atoms with Crippen LogP contribution in [0.5, 0.6) is 0 Å². The molecule has 0 spiro atoms. The molecule has 20 heavy (non-hydrogen) atoms. The van der Waals surface area contributed by atoms with E-state index in [-0.39, 0.29) is 29.7 Å². The minimum absolute atomic E-state index is 0.0889. The summed E-state index contributed by atoms with van der Waals surface area (Å²) in [6.07, 6.45) is 1.71. The lowest BCUT2D eigenvalue weighted by molar-refractivity contribution is -0.136. The molecule has 112 valence electrons. The van der Waals surface area contributed by atoms with E-state index in [9.17, 15) is 9.59 Å². The van der Waals surface area contributed by atoms with Gasteiger partial charge in [-0.15, -0.1) is 0 Å². The van der Waals surface area contributed by atoms with Crippen molar-refractivity contribution in [1.82, 2.24) is 10.2 Å². The molecule has 0 unspecified atom stereocenters. The Hall–Kier alpha value is -1.78. The Bertz CT molecular complexity index is 482. The molecule has 2 amide bonds. The molecule has 0 radical (unpaired) electrons. The van der Waals surface area contributed by atoms with Crippen molar-refractivity contribution in [1.29, 1.82) is 0 Å². The highest BCUT2D eigenvalue weighted by atomic mass is 16.2. The Morgan fingerprint density at radius 2 is 1.90 bits per heavy atom. The molecule has 1 aliphatic rings. The predicted molar refractivity (Wildman–Crippen MR) is 79.4 cm³/mol. The van der Waals surface area contributed by atoms with Crippen LogP contribution in [-0.2, 0) is 9.59 Å². The van der Waals surface area contributed by atoms with Gasteiger partial charge in [-0.25, -0.2) is 0 Å². The molecule has 0 aromatic heterocycles. The fourth-order valence-electron chi connectivity index (χ4n) is 1.98. The van der Waals surface area contributed by atoms with Crippen molar-refractivity contribution in [2.24, 2.45) is 17.1 Å². The summed E-state index contributed by atoms with van der Waals surface area (Å²) in [6, 6.07) is 0. The zero-order valence-corrected chi connectivity index (χ0v) is 13.2. The third-order valence-electron chi connectivity index (χ3n) is 3.27. The number of allylic oxidation sites excluding steroid dienone is 3. The first-order valence-corrected chi connectivity index (χ1v) is 6.81. The standard InChI is InChI=1S/C15H25N3O2/c1-9(2)10(13(16)15(3,4)5)7-11-14(20)18(6)8-12(19)17-11/h7,9H,8,16H2,1-6H3,(H,17,19)/b11-7-,13-10?. The molecule has 0 aliphatic carbocycles. The smallest absolute Gasteiger partial charge is 0.270 e. The summed E-state index contributed by atoms with van der Waals surface area (Å²) in [6.45, 7) is 10.2. The van der Waals surface area contributed by atoms with Gasteiger partial charge in [0.05, 0.1) is 6.54 Å². The van der Waals surface area contributed by atoms with Gasteiger partial charge in [0.2, 0.25) is 5.91 Å². The topological polar surface area (TPSA) is 75.4 Å². The molecule has 1 saturated heterocycles. The first-order valence-electron chi connectivity index (χ1n) is 6.81. The van der Waals surface area contributed by atoms with Crippen molar-refractivity contribution in [3.8, 4) is 0 Å². The third-order valence-corrected chi connectivity index (χ3v) is 3.27. The predicted octanol–water partition coefficient (Wildman–Crippen LogP) is 1.37. The maximum Gasteiger partial charge on any atom is 0.270 e. The zero-order chi connectivity index (χ0) is 15.7. The Labute approximate surface area is 120 Å². The van der Waals surface area contributed by atoms with Gasteiger partial charge in [0.15, 0.2) is 0 Å². The lowest BCUT2D eigenvalue weighted by Crippen LogP contribution is -2.48. The van der Waals surface area contributed by atoms with Crippen LogP contribution >= 0.6 is 0 Å². The summed E-state index contributed by atoms with van der Waals surface area (Å²) in [4.78, 5) is 25.0. The summed E-state index contributed by atoms with van der Waals surface area (Å²) in [7, 11) is 1.61. The number of nitrogens with zero attached hydrogens (tertiary/aromatic N) is 1. The highest BCUT2D eigenvalue weighted by Gasteiger charge is 2.27. The van der Waals surface area contributed by atoms with Crippen LogP contribution in [0.2, 0.25) is 0 Å². The molecular formula is C15H25N3O2. The lowest BCUT2D eigenvalue weighted by Gasteiger charge is -2.27. The third kappa shape index (κ3) is 3.62. The minimum atomic E-state index is -0.190. The van der Waals surface area contributed by atoms with Gasteiger partial charge in [-0.3, -0.25) is 9.59 Å². The molecule has 3 N–H and O–H groups in total. The minimum Gasteiger partial charge on any atom is -0.401 e. The highest BCUT2D eigenvalue weighted by Crippen LogP contribution is 2.28. The number of hydrogen-bond donors (Lipinski definition) is 2. The second-order valence-corrected chi connectivity index (χ2v) is 6.54. The Morgan fingerprint density at radius 3 is 2.35 bits per heavy atom. The van der Waals surface area contributed by atoms with E-state index in [0.717, 1.165) is 11.3 Å². The number of carbonyl (C=O) groups is 2. The van der Waals surface area contributed by atoms with Crippen LogP contribution in [0, 0.1) is 11.3 Å². The van der Waals surface area contributed by atoms with Crippen molar-refractivity contribution >= 4 is 11.8 Å². The van der Waals surface area contributed by atoms with Gasteiger partial charge in [-0.1, -0.05) is 34.6 Å². The largest absolute Gasteiger partial charge is 0.401 e. The number of piperazine rings is 1. The molecule has 5 heteroatoms. The first-order chi connectivity index (χ1) is 9.04. The zero-order valence-electron chi connectivity index (χ0n) is 13.2.